The van der Waals surface area contributed by atoms with Crippen LogP contribution in [-0.2, 0) is 13.0 Å². The van der Waals surface area contributed by atoms with Crippen LogP contribution < -0.4 is 10.1 Å². The van der Waals surface area contributed by atoms with E-state index in [9.17, 15) is 18.0 Å². The zero-order valence-corrected chi connectivity index (χ0v) is 18.1. The summed E-state index contributed by atoms with van der Waals surface area (Å²) in [5.74, 6) is -0.541. The highest BCUT2D eigenvalue weighted by molar-refractivity contribution is 7.14. The predicted molar refractivity (Wildman–Crippen MR) is 121 cm³/mol. The molecular weight excluding hydrogens is 449 g/mol. The van der Waals surface area contributed by atoms with Crippen LogP contribution in [-0.4, -0.2) is 17.5 Å². The Morgan fingerprint density at radius 3 is 2.27 bits per heavy atom. The zero-order chi connectivity index (χ0) is 23.2. The quantitative estimate of drug-likeness (QED) is 0.341. The number of hydrogen-bond acceptors (Lipinski definition) is 4. The highest BCUT2D eigenvalue weighted by atomic mass is 32.1. The lowest BCUT2D eigenvalue weighted by atomic mass is 10.1. The van der Waals surface area contributed by atoms with Gasteiger partial charge in [0.25, 0.3) is 5.91 Å². The van der Waals surface area contributed by atoms with Gasteiger partial charge in [-0.3, -0.25) is 4.79 Å². The van der Waals surface area contributed by atoms with Gasteiger partial charge in [0.1, 0.15) is 16.4 Å². The van der Waals surface area contributed by atoms with Gasteiger partial charge in [0.05, 0.1) is 10.7 Å². The standard InChI is InChI=1S/C25H19F3N2O2S/c26-19-10-6-16(7-11-19)14-21-30-22(18-4-2-1-3-5-18)23(33-21)24(31)29-15-17-8-12-20(13-9-17)32-25(27)28/h1-13,25H,14-15H2,(H,29,31). The van der Waals surface area contributed by atoms with Crippen molar-refractivity contribution in [1.29, 1.82) is 0 Å². The number of amides is 1. The maximum atomic E-state index is 13.2. The minimum Gasteiger partial charge on any atom is -0.435 e. The molecule has 4 aromatic rings. The van der Waals surface area contributed by atoms with Crippen LogP contribution in [0, 0.1) is 5.82 Å². The van der Waals surface area contributed by atoms with E-state index in [2.05, 4.69) is 15.0 Å². The second-order valence-corrected chi connectivity index (χ2v) is 8.24. The van der Waals surface area contributed by atoms with Gasteiger partial charge in [0.2, 0.25) is 0 Å². The van der Waals surface area contributed by atoms with Crippen LogP contribution in [0.5, 0.6) is 5.75 Å². The van der Waals surface area contributed by atoms with Crippen molar-refractivity contribution in [2.24, 2.45) is 0 Å². The molecule has 0 saturated heterocycles. The molecule has 0 unspecified atom stereocenters. The van der Waals surface area contributed by atoms with Crippen LogP contribution in [0.15, 0.2) is 78.9 Å². The monoisotopic (exact) mass is 468 g/mol. The Morgan fingerprint density at radius 2 is 1.61 bits per heavy atom. The number of hydrogen-bond donors (Lipinski definition) is 1. The van der Waals surface area contributed by atoms with Crippen molar-refractivity contribution >= 4 is 17.2 Å². The van der Waals surface area contributed by atoms with E-state index < -0.39 is 6.61 Å². The van der Waals surface area contributed by atoms with E-state index in [-0.39, 0.29) is 24.0 Å². The van der Waals surface area contributed by atoms with Gasteiger partial charge in [-0.1, -0.05) is 54.6 Å². The number of carbonyl (C=O) groups excluding carboxylic acids is 1. The number of nitrogens with one attached hydrogen (secondary N) is 1. The first kappa shape index (κ1) is 22.5. The van der Waals surface area contributed by atoms with E-state index >= 15 is 0 Å². The minimum absolute atomic E-state index is 0.0549. The van der Waals surface area contributed by atoms with Crippen molar-refractivity contribution in [1.82, 2.24) is 10.3 Å². The number of alkyl halides is 2. The fraction of sp³-hybridized carbons (Fsp3) is 0.120. The molecule has 0 saturated carbocycles. The molecule has 4 nitrogen and oxygen atoms in total. The summed E-state index contributed by atoms with van der Waals surface area (Å²) in [5.41, 5.74) is 3.03. The molecule has 3 aromatic carbocycles. The molecule has 0 spiro atoms. The van der Waals surface area contributed by atoms with Crippen LogP contribution >= 0.6 is 11.3 Å². The molecule has 1 heterocycles. The fourth-order valence-corrected chi connectivity index (χ4v) is 4.25. The number of carbonyl (C=O) groups is 1. The molecule has 1 aromatic heterocycles. The average Bonchev–Trinajstić information content (AvgIpc) is 3.24. The summed E-state index contributed by atoms with van der Waals surface area (Å²) in [5, 5.41) is 3.60. The maximum Gasteiger partial charge on any atom is 0.387 e. The first-order valence-corrected chi connectivity index (χ1v) is 10.9. The highest BCUT2D eigenvalue weighted by Crippen LogP contribution is 2.30. The normalized spacial score (nSPS) is 10.9. The molecule has 0 radical (unpaired) electrons. The summed E-state index contributed by atoms with van der Waals surface area (Å²) < 4.78 is 42.2. The van der Waals surface area contributed by atoms with E-state index in [0.29, 0.717) is 17.0 Å². The van der Waals surface area contributed by atoms with E-state index in [4.69, 9.17) is 0 Å². The van der Waals surface area contributed by atoms with Crippen LogP contribution in [0.1, 0.15) is 25.8 Å². The molecular formula is C25H19F3N2O2S. The van der Waals surface area contributed by atoms with Crippen LogP contribution in [0.2, 0.25) is 0 Å². The highest BCUT2D eigenvalue weighted by Gasteiger charge is 2.19. The number of aromatic nitrogens is 1. The second kappa shape index (κ2) is 10.3. The summed E-state index contributed by atoms with van der Waals surface area (Å²) in [6.45, 7) is -2.67. The summed E-state index contributed by atoms with van der Waals surface area (Å²) in [6.07, 6.45) is 0.476. The van der Waals surface area contributed by atoms with Gasteiger partial charge in [-0.15, -0.1) is 11.3 Å². The summed E-state index contributed by atoms with van der Waals surface area (Å²) in [4.78, 5) is 18.2. The third-order valence-electron chi connectivity index (χ3n) is 4.80. The number of nitrogens with zero attached hydrogens (tertiary/aromatic N) is 1. The van der Waals surface area contributed by atoms with Crippen molar-refractivity contribution in [3.8, 4) is 17.0 Å². The molecule has 0 aliphatic heterocycles. The van der Waals surface area contributed by atoms with Crippen LogP contribution in [0.3, 0.4) is 0 Å². The van der Waals surface area contributed by atoms with Gasteiger partial charge in [-0.05, 0) is 35.4 Å². The molecule has 0 aliphatic rings. The van der Waals surface area contributed by atoms with Crippen LogP contribution in [0.25, 0.3) is 11.3 Å². The maximum absolute atomic E-state index is 13.2. The van der Waals surface area contributed by atoms with Crippen LogP contribution in [0.4, 0.5) is 13.2 Å². The molecule has 0 bridgehead atoms. The van der Waals surface area contributed by atoms with Crippen molar-refractivity contribution in [2.75, 3.05) is 0 Å². The van der Waals surface area contributed by atoms with Crippen molar-refractivity contribution < 1.29 is 22.7 Å². The van der Waals surface area contributed by atoms with Gasteiger partial charge in [-0.25, -0.2) is 9.37 Å². The Balaban J connectivity index is 1.52. The van der Waals surface area contributed by atoms with Gasteiger partial charge in [0, 0.05) is 18.5 Å². The summed E-state index contributed by atoms with van der Waals surface area (Å²) in [6, 6.07) is 21.7. The zero-order valence-electron chi connectivity index (χ0n) is 17.3. The summed E-state index contributed by atoms with van der Waals surface area (Å²) >= 11 is 1.29. The van der Waals surface area contributed by atoms with Crippen molar-refractivity contribution in [3.63, 3.8) is 0 Å². The van der Waals surface area contributed by atoms with E-state index in [0.717, 1.165) is 21.7 Å². The van der Waals surface area contributed by atoms with Crippen molar-refractivity contribution in [3.05, 3.63) is 106 Å². The Kier molecular flexibility index (Phi) is 7.04. The Bertz CT molecular complexity index is 1210. The third kappa shape index (κ3) is 5.98. The molecule has 33 heavy (non-hydrogen) atoms. The molecule has 0 fully saturated rings. The minimum atomic E-state index is -2.89. The number of thiazole rings is 1. The topological polar surface area (TPSA) is 51.2 Å². The van der Waals surface area contributed by atoms with Gasteiger partial charge < -0.3 is 10.1 Å². The smallest absolute Gasteiger partial charge is 0.387 e. The predicted octanol–water partition coefficient (Wildman–Crippen LogP) is 6.07. The lowest BCUT2D eigenvalue weighted by Gasteiger charge is -2.07. The Labute approximate surface area is 192 Å². The first-order chi connectivity index (χ1) is 16.0. The van der Waals surface area contributed by atoms with Gasteiger partial charge in [-0.2, -0.15) is 8.78 Å². The molecule has 8 heteroatoms. The molecule has 0 aliphatic carbocycles. The number of benzene rings is 3. The Hall–Kier alpha value is -3.65. The van der Waals surface area contributed by atoms with Crippen molar-refractivity contribution in [2.45, 2.75) is 19.6 Å². The number of ether oxygens (including phenoxy) is 1. The third-order valence-corrected chi connectivity index (χ3v) is 5.85. The average molecular weight is 469 g/mol. The molecule has 0 atom stereocenters. The van der Waals surface area contributed by atoms with E-state index in [1.54, 1.807) is 24.3 Å². The molecule has 4 rings (SSSR count). The van der Waals surface area contributed by atoms with Gasteiger partial charge in [0.15, 0.2) is 0 Å². The van der Waals surface area contributed by atoms with E-state index in [1.807, 2.05) is 30.3 Å². The summed E-state index contributed by atoms with van der Waals surface area (Å²) in [7, 11) is 0. The Morgan fingerprint density at radius 1 is 0.939 bits per heavy atom. The largest absolute Gasteiger partial charge is 0.435 e. The molecule has 168 valence electrons. The van der Waals surface area contributed by atoms with Gasteiger partial charge >= 0.3 is 6.61 Å². The SMILES string of the molecule is O=C(NCc1ccc(OC(F)F)cc1)c1sc(Cc2ccc(F)cc2)nc1-c1ccccc1. The molecule has 1 amide bonds. The lowest BCUT2D eigenvalue weighted by Crippen LogP contribution is -2.22. The fourth-order valence-electron chi connectivity index (χ4n) is 3.21. The number of rotatable bonds is 8. The van der Waals surface area contributed by atoms with E-state index in [1.165, 1.54) is 35.6 Å². The first-order valence-electron chi connectivity index (χ1n) is 10.1. The molecule has 1 N–H and O–H groups in total. The number of halogens is 3. The lowest BCUT2D eigenvalue weighted by molar-refractivity contribution is -0.0498. The second-order valence-electron chi connectivity index (χ2n) is 7.16.